The molecular formula is C19H21ClN2O2. The second-order valence-corrected chi connectivity index (χ2v) is 6.53. The van der Waals surface area contributed by atoms with Gasteiger partial charge in [-0.15, -0.1) is 0 Å². The van der Waals surface area contributed by atoms with Crippen LogP contribution >= 0.6 is 11.6 Å². The first-order valence-electron chi connectivity index (χ1n) is 8.11. The second kappa shape index (κ2) is 7.69. The Hall–Kier alpha value is -2.04. The quantitative estimate of drug-likeness (QED) is 0.874. The molecule has 1 saturated heterocycles. The van der Waals surface area contributed by atoms with E-state index < -0.39 is 0 Å². The summed E-state index contributed by atoms with van der Waals surface area (Å²) in [6, 6.07) is 15.4. The van der Waals surface area contributed by atoms with E-state index in [1.807, 2.05) is 48.5 Å². The molecule has 0 aromatic heterocycles. The van der Waals surface area contributed by atoms with Gasteiger partial charge in [-0.25, -0.2) is 0 Å². The first kappa shape index (κ1) is 16.8. The zero-order valence-electron chi connectivity index (χ0n) is 13.5. The van der Waals surface area contributed by atoms with Crippen molar-refractivity contribution in [3.05, 3.63) is 64.7 Å². The molecule has 5 heteroatoms. The number of amides is 1. The number of primary amides is 1. The lowest BCUT2D eigenvalue weighted by atomic mass is 10.1. The summed E-state index contributed by atoms with van der Waals surface area (Å²) in [5, 5.41) is 0.705. The number of nitrogens with two attached hydrogens (primary N) is 1. The van der Waals surface area contributed by atoms with Gasteiger partial charge in [0.1, 0.15) is 12.4 Å². The molecule has 1 heterocycles. The van der Waals surface area contributed by atoms with Crippen molar-refractivity contribution in [1.29, 1.82) is 0 Å². The number of carbonyl (C=O) groups excluding carboxylic acids is 1. The van der Waals surface area contributed by atoms with Crippen LogP contribution in [0.4, 0.5) is 0 Å². The monoisotopic (exact) mass is 344 g/mol. The summed E-state index contributed by atoms with van der Waals surface area (Å²) in [4.78, 5) is 13.6. The predicted molar refractivity (Wildman–Crippen MR) is 94.9 cm³/mol. The van der Waals surface area contributed by atoms with Gasteiger partial charge in [-0.2, -0.15) is 0 Å². The molecule has 24 heavy (non-hydrogen) atoms. The number of rotatable bonds is 6. The van der Waals surface area contributed by atoms with Crippen LogP contribution in [-0.2, 0) is 17.9 Å². The van der Waals surface area contributed by atoms with Crippen molar-refractivity contribution in [2.75, 3.05) is 6.54 Å². The minimum Gasteiger partial charge on any atom is -0.489 e. The van der Waals surface area contributed by atoms with E-state index in [0.29, 0.717) is 18.2 Å². The molecule has 1 aliphatic rings. The van der Waals surface area contributed by atoms with Crippen LogP contribution in [0, 0.1) is 0 Å². The zero-order valence-corrected chi connectivity index (χ0v) is 14.2. The molecule has 3 rings (SSSR count). The molecule has 4 nitrogen and oxygen atoms in total. The second-order valence-electron chi connectivity index (χ2n) is 6.10. The Morgan fingerprint density at radius 3 is 2.79 bits per heavy atom. The van der Waals surface area contributed by atoms with Gasteiger partial charge in [-0.3, -0.25) is 9.69 Å². The van der Waals surface area contributed by atoms with Crippen molar-refractivity contribution in [2.45, 2.75) is 32.0 Å². The van der Waals surface area contributed by atoms with Gasteiger partial charge in [0.05, 0.1) is 6.04 Å². The van der Waals surface area contributed by atoms with Gasteiger partial charge < -0.3 is 10.5 Å². The average Bonchev–Trinajstić information content (AvgIpc) is 3.02. The number of hydrogen-bond donors (Lipinski definition) is 1. The van der Waals surface area contributed by atoms with Gasteiger partial charge >= 0.3 is 0 Å². The smallest absolute Gasteiger partial charge is 0.234 e. The fourth-order valence-electron chi connectivity index (χ4n) is 3.10. The number of carbonyl (C=O) groups is 1. The number of halogens is 1. The molecule has 0 spiro atoms. The Morgan fingerprint density at radius 1 is 1.21 bits per heavy atom. The topological polar surface area (TPSA) is 55.6 Å². The normalized spacial score (nSPS) is 17.8. The van der Waals surface area contributed by atoms with Crippen LogP contribution in [0.25, 0.3) is 0 Å². The van der Waals surface area contributed by atoms with Crippen LogP contribution in [0.1, 0.15) is 24.0 Å². The minimum atomic E-state index is -0.235. The van der Waals surface area contributed by atoms with Crippen LogP contribution in [0.15, 0.2) is 48.5 Å². The maximum atomic E-state index is 11.5. The van der Waals surface area contributed by atoms with Gasteiger partial charge in [0.2, 0.25) is 5.91 Å². The van der Waals surface area contributed by atoms with Gasteiger partial charge in [-0.05, 0) is 54.8 Å². The lowest BCUT2D eigenvalue weighted by Crippen LogP contribution is -2.39. The van der Waals surface area contributed by atoms with Crippen molar-refractivity contribution >= 4 is 17.5 Å². The standard InChI is InChI=1S/C19H21ClN2O2/c20-16-6-1-5-15(10-16)13-24-17-7-2-4-14(11-17)12-22-9-3-8-18(22)19(21)23/h1-2,4-7,10-11,18H,3,8-9,12-13H2,(H2,21,23). The third kappa shape index (κ3) is 4.28. The predicted octanol–water partition coefficient (Wildman–Crippen LogP) is 3.37. The van der Waals surface area contributed by atoms with E-state index >= 15 is 0 Å². The summed E-state index contributed by atoms with van der Waals surface area (Å²) in [5.74, 6) is 0.572. The molecule has 1 amide bonds. The summed E-state index contributed by atoms with van der Waals surface area (Å²) in [7, 11) is 0. The van der Waals surface area contributed by atoms with Crippen molar-refractivity contribution in [3.8, 4) is 5.75 Å². The molecule has 126 valence electrons. The number of likely N-dealkylation sites (tertiary alicyclic amines) is 1. The highest BCUT2D eigenvalue weighted by Crippen LogP contribution is 2.22. The van der Waals surface area contributed by atoms with Crippen molar-refractivity contribution in [3.63, 3.8) is 0 Å². The summed E-state index contributed by atoms with van der Waals surface area (Å²) in [6.45, 7) is 2.08. The maximum absolute atomic E-state index is 11.5. The Kier molecular flexibility index (Phi) is 5.38. The number of ether oxygens (including phenoxy) is 1. The largest absolute Gasteiger partial charge is 0.489 e. The molecule has 1 aliphatic heterocycles. The van der Waals surface area contributed by atoms with E-state index in [1.54, 1.807) is 0 Å². The van der Waals surface area contributed by atoms with E-state index in [1.165, 1.54) is 0 Å². The van der Waals surface area contributed by atoms with Crippen LogP contribution in [0.3, 0.4) is 0 Å². The van der Waals surface area contributed by atoms with E-state index in [-0.39, 0.29) is 11.9 Å². The first-order valence-corrected chi connectivity index (χ1v) is 8.49. The highest BCUT2D eigenvalue weighted by molar-refractivity contribution is 6.30. The molecule has 0 bridgehead atoms. The lowest BCUT2D eigenvalue weighted by Gasteiger charge is -2.22. The Bertz CT molecular complexity index is 720. The molecular weight excluding hydrogens is 324 g/mol. The fourth-order valence-corrected chi connectivity index (χ4v) is 3.31. The molecule has 2 aromatic carbocycles. The summed E-state index contributed by atoms with van der Waals surface area (Å²) < 4.78 is 5.86. The lowest BCUT2D eigenvalue weighted by molar-refractivity contribution is -0.122. The SMILES string of the molecule is NC(=O)C1CCCN1Cc1cccc(OCc2cccc(Cl)c2)c1. The Balaban J connectivity index is 1.62. The van der Waals surface area contributed by atoms with Gasteiger partial charge in [0.15, 0.2) is 0 Å². The average molecular weight is 345 g/mol. The van der Waals surface area contributed by atoms with Gasteiger partial charge in [0, 0.05) is 11.6 Å². The highest BCUT2D eigenvalue weighted by atomic mass is 35.5. The number of hydrogen-bond acceptors (Lipinski definition) is 3. The van der Waals surface area contributed by atoms with E-state index in [4.69, 9.17) is 22.1 Å². The van der Waals surface area contributed by atoms with E-state index in [9.17, 15) is 4.79 Å². The first-order chi connectivity index (χ1) is 11.6. The van der Waals surface area contributed by atoms with Crippen LogP contribution in [0.5, 0.6) is 5.75 Å². The molecule has 1 unspecified atom stereocenters. The number of benzene rings is 2. The molecule has 0 saturated carbocycles. The number of nitrogens with zero attached hydrogens (tertiary/aromatic N) is 1. The Labute approximate surface area is 147 Å². The molecule has 2 aromatic rings. The van der Waals surface area contributed by atoms with E-state index in [2.05, 4.69) is 4.90 Å². The Morgan fingerprint density at radius 2 is 2.00 bits per heavy atom. The molecule has 0 aliphatic carbocycles. The summed E-state index contributed by atoms with van der Waals surface area (Å²) in [6.07, 6.45) is 1.86. The van der Waals surface area contributed by atoms with Gasteiger partial charge in [-0.1, -0.05) is 35.9 Å². The summed E-state index contributed by atoms with van der Waals surface area (Å²) >= 11 is 5.99. The minimum absolute atomic E-state index is 0.152. The van der Waals surface area contributed by atoms with Gasteiger partial charge in [0.25, 0.3) is 0 Å². The third-order valence-electron chi connectivity index (χ3n) is 4.27. The van der Waals surface area contributed by atoms with Crippen LogP contribution in [0.2, 0.25) is 5.02 Å². The van der Waals surface area contributed by atoms with Crippen LogP contribution < -0.4 is 10.5 Å². The highest BCUT2D eigenvalue weighted by Gasteiger charge is 2.28. The third-order valence-corrected chi connectivity index (χ3v) is 4.51. The summed E-state index contributed by atoms with van der Waals surface area (Å²) in [5.41, 5.74) is 7.63. The van der Waals surface area contributed by atoms with Crippen molar-refractivity contribution < 1.29 is 9.53 Å². The zero-order chi connectivity index (χ0) is 16.9. The molecule has 0 radical (unpaired) electrons. The molecule has 1 atom stereocenters. The molecule has 1 fully saturated rings. The fraction of sp³-hybridized carbons (Fsp3) is 0.316. The molecule has 2 N–H and O–H groups in total. The van der Waals surface area contributed by atoms with Crippen molar-refractivity contribution in [2.24, 2.45) is 5.73 Å². The van der Waals surface area contributed by atoms with E-state index in [0.717, 1.165) is 36.3 Å². The van der Waals surface area contributed by atoms with Crippen molar-refractivity contribution in [1.82, 2.24) is 4.90 Å². The van der Waals surface area contributed by atoms with Crippen LogP contribution in [-0.4, -0.2) is 23.4 Å². The maximum Gasteiger partial charge on any atom is 0.234 e.